The molecule has 0 aliphatic heterocycles. The van der Waals surface area contributed by atoms with Gasteiger partial charge in [0.2, 0.25) is 10.3 Å². The lowest BCUT2D eigenvalue weighted by molar-refractivity contribution is -0.154. The van der Waals surface area contributed by atoms with E-state index in [1.165, 1.54) is 0 Å². The molecule has 0 bridgehead atoms. The highest BCUT2D eigenvalue weighted by Gasteiger charge is 2.40. The number of nitrogens with zero attached hydrogens (tertiary/aromatic N) is 1. The van der Waals surface area contributed by atoms with Crippen LogP contribution in [0.3, 0.4) is 0 Å². The maximum Gasteiger partial charge on any atom is 0.480 e. The summed E-state index contributed by atoms with van der Waals surface area (Å²) in [5, 5.41) is 0. The Balaban J connectivity index is 4.47. The normalized spacial score (nSPS) is 13.9. The molecule has 0 aromatic rings. The third kappa shape index (κ3) is 6.46. The van der Waals surface area contributed by atoms with Gasteiger partial charge in [-0.1, -0.05) is 6.92 Å². The van der Waals surface area contributed by atoms with Gasteiger partial charge >= 0.3 is 11.5 Å². The van der Waals surface area contributed by atoms with Crippen LogP contribution in [0.5, 0.6) is 0 Å². The van der Waals surface area contributed by atoms with E-state index in [1.807, 2.05) is 0 Å². The summed E-state index contributed by atoms with van der Waals surface area (Å²) in [5.41, 5.74) is -6.69. The monoisotopic (exact) mass is 370 g/mol. The molecule has 132 valence electrons. The van der Waals surface area contributed by atoms with Gasteiger partial charge < -0.3 is 8.86 Å². The average molecular weight is 370 g/mol. The van der Waals surface area contributed by atoms with Crippen molar-refractivity contribution in [1.29, 1.82) is 0 Å². The lowest BCUT2D eigenvalue weighted by Crippen LogP contribution is -2.28. The van der Waals surface area contributed by atoms with Gasteiger partial charge in [0, 0.05) is 0 Å². The van der Waals surface area contributed by atoms with E-state index in [0.29, 0.717) is 6.42 Å². The molecular weight excluding hydrogens is 355 g/mol. The van der Waals surface area contributed by atoms with Crippen molar-refractivity contribution in [2.45, 2.75) is 32.7 Å². The largest absolute Gasteiger partial charge is 0.480 e. The van der Waals surface area contributed by atoms with E-state index in [-0.39, 0.29) is 0 Å². The maximum absolute atomic E-state index is 12.0. The van der Waals surface area contributed by atoms with Crippen LogP contribution in [0.15, 0.2) is 0 Å². The van der Waals surface area contributed by atoms with Gasteiger partial charge in [-0.3, -0.25) is 8.98 Å². The fourth-order valence-electron chi connectivity index (χ4n) is 0.797. The number of halogens is 3. The van der Waals surface area contributed by atoms with Crippen LogP contribution in [0.2, 0.25) is 0 Å². The van der Waals surface area contributed by atoms with Crippen LogP contribution < -0.4 is 0 Å². The number of rotatable bonds is 8. The Morgan fingerprint density at radius 3 is 2.00 bits per heavy atom. The molecule has 0 aromatic heterocycles. The van der Waals surface area contributed by atoms with Gasteiger partial charge in [-0.15, -0.1) is 0 Å². The number of hydrogen-bond acceptors (Lipinski definition) is 7. The number of carbonyl (C=O) groups is 1. The van der Waals surface area contributed by atoms with Crippen LogP contribution in [0.1, 0.15) is 27.2 Å². The van der Waals surface area contributed by atoms with E-state index in [4.69, 9.17) is 0 Å². The summed E-state index contributed by atoms with van der Waals surface area (Å²) in [7, 11) is -11.6. The van der Waals surface area contributed by atoms with Crippen molar-refractivity contribution < 1.29 is 43.7 Å². The summed E-state index contributed by atoms with van der Waals surface area (Å²) in [4.78, 5) is 11.5. The quantitative estimate of drug-likeness (QED) is 0.469. The van der Waals surface area contributed by atoms with Crippen LogP contribution >= 0.6 is 0 Å². The number of esters is 1. The van der Waals surface area contributed by atoms with Crippen LogP contribution in [0.25, 0.3) is 4.13 Å². The van der Waals surface area contributed by atoms with E-state index in [9.17, 15) is 34.8 Å². The molecule has 0 fully saturated rings. The molecular formula is C9H15F3NO7S2-. The molecule has 13 heteroatoms. The highest BCUT2D eigenvalue weighted by atomic mass is 32.3. The highest BCUT2D eigenvalue weighted by molar-refractivity contribution is 8.10. The molecule has 0 atom stereocenters. The van der Waals surface area contributed by atoms with Crippen molar-refractivity contribution in [2.24, 2.45) is 5.41 Å². The lowest BCUT2D eigenvalue weighted by Gasteiger charge is -2.22. The molecule has 0 N–H and O–H groups in total. The van der Waals surface area contributed by atoms with Crippen molar-refractivity contribution >= 4 is 26.3 Å². The van der Waals surface area contributed by atoms with E-state index in [2.05, 4.69) is 8.92 Å². The first-order valence-electron chi connectivity index (χ1n) is 5.77. The van der Waals surface area contributed by atoms with Crippen LogP contribution in [-0.2, 0) is 34.0 Å². The standard InChI is InChI=1S/C9H15F3NO7S2/c1-4-8(2,3)7(14)19-5-6-20-22(17,18)13-21(15,16)9(10,11)12/h4-6H2,1-3H3/q-1. The fourth-order valence-corrected chi connectivity index (χ4v) is 2.55. The predicted molar refractivity (Wildman–Crippen MR) is 68.2 cm³/mol. The number of hydrogen-bond donors (Lipinski definition) is 0. The van der Waals surface area contributed by atoms with Crippen LogP contribution in [0.4, 0.5) is 13.2 Å². The first kappa shape index (κ1) is 21.1. The van der Waals surface area contributed by atoms with Gasteiger partial charge in [-0.25, -0.2) is 16.8 Å². The number of carbonyl (C=O) groups excluding carboxylic acids is 1. The van der Waals surface area contributed by atoms with E-state index in [0.717, 1.165) is 0 Å². The smallest absolute Gasteiger partial charge is 0.463 e. The number of alkyl halides is 3. The molecule has 0 unspecified atom stereocenters. The second-order valence-electron chi connectivity index (χ2n) is 4.62. The summed E-state index contributed by atoms with van der Waals surface area (Å²) in [6.07, 6.45) is 0.435. The molecule has 0 aliphatic rings. The Labute approximate surface area is 126 Å². The van der Waals surface area contributed by atoms with Crippen LogP contribution in [0, 0.1) is 5.41 Å². The first-order chi connectivity index (χ1) is 9.65. The van der Waals surface area contributed by atoms with Gasteiger partial charge in [0.05, 0.1) is 12.0 Å². The zero-order valence-corrected chi connectivity index (χ0v) is 13.5. The van der Waals surface area contributed by atoms with Crippen LogP contribution in [-0.4, -0.2) is 41.5 Å². The van der Waals surface area contributed by atoms with Gasteiger partial charge in [0.1, 0.15) is 6.61 Å². The number of ether oxygens (including phenoxy) is 1. The molecule has 0 aromatic carbocycles. The molecule has 0 amide bonds. The SMILES string of the molecule is CCC(C)(C)C(=O)OCCOS(=O)(=O)[N-]S(=O)(=O)C(F)(F)F. The lowest BCUT2D eigenvalue weighted by atomic mass is 9.91. The molecule has 0 saturated heterocycles. The zero-order chi connectivity index (χ0) is 17.8. The fraction of sp³-hybridized carbons (Fsp3) is 0.889. The third-order valence-electron chi connectivity index (χ3n) is 2.47. The molecule has 0 radical (unpaired) electrons. The molecule has 0 saturated carbocycles. The molecule has 0 aliphatic carbocycles. The Hall–Kier alpha value is -0.920. The second kappa shape index (κ2) is 7.10. The van der Waals surface area contributed by atoms with Crippen molar-refractivity contribution in [3.8, 4) is 0 Å². The summed E-state index contributed by atoms with van der Waals surface area (Å²) >= 11 is 0. The molecule has 0 rings (SSSR count). The summed E-state index contributed by atoms with van der Waals surface area (Å²) in [6.45, 7) is 3.38. The minimum absolute atomic E-state index is 0.435. The minimum Gasteiger partial charge on any atom is -0.463 e. The zero-order valence-electron chi connectivity index (χ0n) is 11.9. The van der Waals surface area contributed by atoms with Gasteiger partial charge in [-0.05, 0) is 20.3 Å². The van der Waals surface area contributed by atoms with E-state index >= 15 is 0 Å². The van der Waals surface area contributed by atoms with Gasteiger partial charge in [-0.2, -0.15) is 13.2 Å². The first-order valence-corrected chi connectivity index (χ1v) is 8.57. The van der Waals surface area contributed by atoms with Crippen molar-refractivity contribution in [3.63, 3.8) is 0 Å². The van der Waals surface area contributed by atoms with Crippen molar-refractivity contribution in [2.75, 3.05) is 13.2 Å². The molecule has 0 spiro atoms. The number of sulfonamides is 1. The Morgan fingerprint density at radius 1 is 1.09 bits per heavy atom. The minimum atomic E-state index is -6.23. The van der Waals surface area contributed by atoms with Gasteiger partial charge in [0.25, 0.3) is 0 Å². The highest BCUT2D eigenvalue weighted by Crippen LogP contribution is 2.30. The summed E-state index contributed by atoms with van der Waals surface area (Å²) in [6, 6.07) is 0. The van der Waals surface area contributed by atoms with Gasteiger partial charge in [0.15, 0.2) is 10.0 Å². The summed E-state index contributed by atoms with van der Waals surface area (Å²) < 4.78 is 89.1. The van der Waals surface area contributed by atoms with E-state index in [1.54, 1.807) is 24.9 Å². The Bertz CT molecular complexity index is 595. The molecule has 8 nitrogen and oxygen atoms in total. The average Bonchev–Trinajstić information content (AvgIpc) is 2.31. The van der Waals surface area contributed by atoms with Crippen molar-refractivity contribution in [1.82, 2.24) is 0 Å². The summed E-state index contributed by atoms with van der Waals surface area (Å²) in [5.74, 6) is -0.671. The Kier molecular flexibility index (Phi) is 6.81. The second-order valence-corrected chi connectivity index (χ2v) is 7.72. The third-order valence-corrected chi connectivity index (χ3v) is 5.03. The predicted octanol–water partition coefficient (Wildman–Crippen LogP) is 1.45. The Morgan fingerprint density at radius 2 is 1.59 bits per heavy atom. The maximum atomic E-state index is 12.0. The molecule has 0 heterocycles. The topological polar surface area (TPSA) is 118 Å². The van der Waals surface area contributed by atoms with E-state index < -0.39 is 50.4 Å². The molecule has 22 heavy (non-hydrogen) atoms. The van der Waals surface area contributed by atoms with Crippen molar-refractivity contribution in [3.05, 3.63) is 4.13 Å².